The van der Waals surface area contributed by atoms with Crippen LogP contribution in [-0.4, -0.2) is 55.4 Å². The van der Waals surface area contributed by atoms with Crippen LogP contribution in [0.15, 0.2) is 47.4 Å². The molecule has 2 rings (SSSR count). The molecule has 1 aromatic heterocycles. The molecule has 0 saturated carbocycles. The van der Waals surface area contributed by atoms with Crippen LogP contribution in [0, 0.1) is 5.41 Å². The highest BCUT2D eigenvalue weighted by atomic mass is 16.2. The van der Waals surface area contributed by atoms with Crippen LogP contribution in [0.2, 0.25) is 0 Å². The molecule has 1 amide bonds. The van der Waals surface area contributed by atoms with E-state index < -0.39 is 5.91 Å². The van der Waals surface area contributed by atoms with Gasteiger partial charge in [-0.05, 0) is 38.7 Å². The number of hydrogen-bond acceptors (Lipinski definition) is 4. The Bertz CT molecular complexity index is 843. The van der Waals surface area contributed by atoms with Gasteiger partial charge in [0.2, 0.25) is 0 Å². The van der Waals surface area contributed by atoms with Crippen LogP contribution in [0.5, 0.6) is 0 Å². The maximum absolute atomic E-state index is 12.7. The van der Waals surface area contributed by atoms with Gasteiger partial charge in [0.15, 0.2) is 0 Å². The Morgan fingerprint density at radius 1 is 1.22 bits per heavy atom. The number of pyridine rings is 1. The van der Waals surface area contributed by atoms with E-state index in [1.807, 2.05) is 44.4 Å². The third kappa shape index (κ3) is 5.79. The molecule has 0 aliphatic heterocycles. The Labute approximate surface area is 159 Å². The van der Waals surface area contributed by atoms with E-state index in [1.54, 1.807) is 6.20 Å². The number of carbonyl (C=O) groups is 1. The van der Waals surface area contributed by atoms with Gasteiger partial charge in [0.1, 0.15) is 11.4 Å². The average Bonchev–Trinajstić information content (AvgIpc) is 2.66. The predicted octanol–water partition coefficient (Wildman–Crippen LogP) is 1.12. The SMILES string of the molecule is CNC(=O)c1cc(C(=N)NCCCN(C)C)cn(Cc2ccccc2)c1=O. The lowest BCUT2D eigenvalue weighted by atomic mass is 10.1. The van der Waals surface area contributed by atoms with Crippen LogP contribution in [0.1, 0.15) is 27.9 Å². The van der Waals surface area contributed by atoms with Gasteiger partial charge in [-0.1, -0.05) is 30.3 Å². The maximum Gasteiger partial charge on any atom is 0.263 e. The highest BCUT2D eigenvalue weighted by Crippen LogP contribution is 2.06. The fourth-order valence-electron chi connectivity index (χ4n) is 2.68. The molecule has 2 aromatic rings. The first-order chi connectivity index (χ1) is 12.9. The first kappa shape index (κ1) is 20.4. The van der Waals surface area contributed by atoms with Crippen molar-refractivity contribution in [2.45, 2.75) is 13.0 Å². The van der Waals surface area contributed by atoms with Crippen LogP contribution < -0.4 is 16.2 Å². The molecule has 0 bridgehead atoms. The third-order valence-corrected chi connectivity index (χ3v) is 4.13. The number of rotatable bonds is 8. The summed E-state index contributed by atoms with van der Waals surface area (Å²) < 4.78 is 1.48. The summed E-state index contributed by atoms with van der Waals surface area (Å²) in [6.07, 6.45) is 2.52. The predicted molar refractivity (Wildman–Crippen MR) is 108 cm³/mol. The van der Waals surface area contributed by atoms with Crippen molar-refractivity contribution >= 4 is 11.7 Å². The van der Waals surface area contributed by atoms with Gasteiger partial charge in [0, 0.05) is 25.4 Å². The summed E-state index contributed by atoms with van der Waals surface area (Å²) in [7, 11) is 5.49. The van der Waals surface area contributed by atoms with Gasteiger partial charge in [-0.3, -0.25) is 15.0 Å². The number of nitrogens with one attached hydrogen (secondary N) is 3. The molecule has 0 spiro atoms. The topological polar surface area (TPSA) is 90.2 Å². The standard InChI is InChI=1S/C20H27N5O2/c1-22-19(26)17-12-16(18(21)23-10-7-11-24(2)3)14-25(20(17)27)13-15-8-5-4-6-9-15/h4-6,8-9,12,14H,7,10-11,13H2,1-3H3,(H2,21,23)(H,22,26). The fraction of sp³-hybridized carbons (Fsp3) is 0.350. The van der Waals surface area contributed by atoms with E-state index in [-0.39, 0.29) is 17.0 Å². The Morgan fingerprint density at radius 2 is 1.93 bits per heavy atom. The summed E-state index contributed by atoms with van der Waals surface area (Å²) in [5.41, 5.74) is 1.12. The van der Waals surface area contributed by atoms with Crippen molar-refractivity contribution in [2.24, 2.45) is 0 Å². The maximum atomic E-state index is 12.7. The number of hydrogen-bond donors (Lipinski definition) is 3. The molecule has 7 heteroatoms. The lowest BCUT2D eigenvalue weighted by Gasteiger charge is -2.14. The van der Waals surface area contributed by atoms with Gasteiger partial charge in [-0.15, -0.1) is 0 Å². The van der Waals surface area contributed by atoms with E-state index in [1.165, 1.54) is 17.7 Å². The van der Waals surface area contributed by atoms with Crippen LogP contribution in [0.3, 0.4) is 0 Å². The molecular formula is C20H27N5O2. The quantitative estimate of drug-likeness (QED) is 0.370. The lowest BCUT2D eigenvalue weighted by Crippen LogP contribution is -2.34. The zero-order chi connectivity index (χ0) is 19.8. The van der Waals surface area contributed by atoms with Crippen LogP contribution in [-0.2, 0) is 6.54 Å². The van der Waals surface area contributed by atoms with E-state index in [4.69, 9.17) is 5.41 Å². The zero-order valence-corrected chi connectivity index (χ0v) is 16.1. The normalized spacial score (nSPS) is 10.7. The summed E-state index contributed by atoms with van der Waals surface area (Å²) in [6.45, 7) is 1.90. The number of amidine groups is 1. The minimum absolute atomic E-state index is 0.0331. The fourth-order valence-corrected chi connectivity index (χ4v) is 2.68. The van der Waals surface area contributed by atoms with E-state index in [0.29, 0.717) is 18.7 Å². The minimum atomic E-state index is -0.455. The summed E-state index contributed by atoms with van der Waals surface area (Å²) >= 11 is 0. The van der Waals surface area contributed by atoms with Crippen LogP contribution in [0.4, 0.5) is 0 Å². The first-order valence-corrected chi connectivity index (χ1v) is 8.90. The van der Waals surface area contributed by atoms with Crippen molar-refractivity contribution in [2.75, 3.05) is 34.2 Å². The molecule has 7 nitrogen and oxygen atoms in total. The van der Waals surface area contributed by atoms with Crippen molar-refractivity contribution < 1.29 is 4.79 Å². The molecule has 0 aliphatic rings. The molecule has 144 valence electrons. The van der Waals surface area contributed by atoms with Crippen molar-refractivity contribution in [3.63, 3.8) is 0 Å². The van der Waals surface area contributed by atoms with E-state index >= 15 is 0 Å². The molecule has 0 fully saturated rings. The Kier molecular flexibility index (Phi) is 7.31. The van der Waals surface area contributed by atoms with Crippen molar-refractivity contribution in [3.8, 4) is 0 Å². The van der Waals surface area contributed by atoms with E-state index in [2.05, 4.69) is 15.5 Å². The van der Waals surface area contributed by atoms with Gasteiger partial charge in [0.05, 0.1) is 6.54 Å². The molecule has 3 N–H and O–H groups in total. The lowest BCUT2D eigenvalue weighted by molar-refractivity contribution is 0.0961. The summed E-state index contributed by atoms with van der Waals surface area (Å²) in [5, 5.41) is 13.8. The molecule has 0 aliphatic carbocycles. The average molecular weight is 369 g/mol. The van der Waals surface area contributed by atoms with Crippen molar-refractivity contribution in [3.05, 3.63) is 69.6 Å². The highest BCUT2D eigenvalue weighted by molar-refractivity contribution is 6.00. The van der Waals surface area contributed by atoms with Gasteiger partial charge >= 0.3 is 0 Å². The molecule has 0 radical (unpaired) electrons. The Hall–Kier alpha value is -2.93. The first-order valence-electron chi connectivity index (χ1n) is 8.90. The van der Waals surface area contributed by atoms with Crippen molar-refractivity contribution in [1.29, 1.82) is 5.41 Å². The molecule has 1 aromatic carbocycles. The van der Waals surface area contributed by atoms with E-state index in [0.717, 1.165) is 18.5 Å². The summed E-state index contributed by atoms with van der Waals surface area (Å²) in [6, 6.07) is 11.0. The molecule has 27 heavy (non-hydrogen) atoms. The minimum Gasteiger partial charge on any atom is -0.370 e. The van der Waals surface area contributed by atoms with Gasteiger partial charge in [-0.25, -0.2) is 0 Å². The second-order valence-electron chi connectivity index (χ2n) is 6.60. The summed E-state index contributed by atoms with van der Waals surface area (Å²) in [5.74, 6) is -0.259. The van der Waals surface area contributed by atoms with Crippen LogP contribution in [0.25, 0.3) is 0 Å². The number of carbonyl (C=O) groups excluding carboxylic acids is 1. The number of nitrogens with zero attached hydrogens (tertiary/aromatic N) is 2. The zero-order valence-electron chi connectivity index (χ0n) is 16.1. The highest BCUT2D eigenvalue weighted by Gasteiger charge is 2.15. The molecule has 1 heterocycles. The van der Waals surface area contributed by atoms with Crippen LogP contribution >= 0.6 is 0 Å². The number of aromatic nitrogens is 1. The third-order valence-electron chi connectivity index (χ3n) is 4.13. The molecule has 0 unspecified atom stereocenters. The second-order valence-corrected chi connectivity index (χ2v) is 6.60. The summed E-state index contributed by atoms with van der Waals surface area (Å²) in [4.78, 5) is 26.9. The number of benzene rings is 1. The largest absolute Gasteiger partial charge is 0.370 e. The molecular weight excluding hydrogens is 342 g/mol. The van der Waals surface area contributed by atoms with Crippen molar-refractivity contribution in [1.82, 2.24) is 20.1 Å². The Balaban J connectivity index is 2.28. The van der Waals surface area contributed by atoms with Gasteiger partial charge < -0.3 is 20.1 Å². The van der Waals surface area contributed by atoms with Gasteiger partial charge in [-0.2, -0.15) is 0 Å². The number of amides is 1. The molecule has 0 saturated heterocycles. The Morgan fingerprint density at radius 3 is 2.56 bits per heavy atom. The monoisotopic (exact) mass is 369 g/mol. The second kappa shape index (κ2) is 9.68. The molecule has 0 atom stereocenters. The van der Waals surface area contributed by atoms with Gasteiger partial charge in [0.25, 0.3) is 11.5 Å². The van der Waals surface area contributed by atoms with E-state index in [9.17, 15) is 9.59 Å². The smallest absolute Gasteiger partial charge is 0.263 e.